The molecular weight excluding hydrogens is 244 g/mol. The highest BCUT2D eigenvalue weighted by Gasteiger charge is 2.22. The van der Waals surface area contributed by atoms with E-state index in [1.807, 2.05) is 35.2 Å². The topological polar surface area (TPSA) is 88.7 Å². The number of carbonyl (C=O) groups excluding carboxylic acids is 1. The number of para-hydroxylation sites is 1. The van der Waals surface area contributed by atoms with Gasteiger partial charge in [-0.3, -0.25) is 4.79 Å². The monoisotopic (exact) mass is 258 g/mol. The van der Waals surface area contributed by atoms with Gasteiger partial charge < -0.3 is 15.4 Å². The number of hydrogen-bond donors (Lipinski definition) is 2. The Hall–Kier alpha value is -2.55. The first-order valence-corrected chi connectivity index (χ1v) is 5.95. The van der Waals surface area contributed by atoms with E-state index in [1.165, 1.54) is 0 Å². The fourth-order valence-corrected chi connectivity index (χ4v) is 2.12. The molecule has 0 aromatic heterocycles. The summed E-state index contributed by atoms with van der Waals surface area (Å²) in [4.78, 5) is 13.6. The molecule has 0 aliphatic carbocycles. The first-order chi connectivity index (χ1) is 9.26. The second-order valence-corrected chi connectivity index (χ2v) is 4.17. The Labute approximate surface area is 110 Å². The van der Waals surface area contributed by atoms with Crippen molar-refractivity contribution in [2.24, 2.45) is 5.16 Å². The van der Waals surface area contributed by atoms with E-state index in [0.29, 0.717) is 18.7 Å². The minimum Gasteiger partial charge on any atom is -0.411 e. The average Bonchev–Trinajstić information content (AvgIpc) is 2.45. The molecule has 0 saturated carbocycles. The molecule has 6 nitrogen and oxygen atoms in total. The van der Waals surface area contributed by atoms with Crippen molar-refractivity contribution in [1.82, 2.24) is 5.32 Å². The van der Waals surface area contributed by atoms with Crippen LogP contribution in [0.15, 0.2) is 29.4 Å². The number of fused-ring (bicyclic) bond motifs is 1. The number of nitriles is 1. The molecule has 1 aliphatic rings. The van der Waals surface area contributed by atoms with E-state index < -0.39 is 0 Å². The fraction of sp³-hybridized carbons (Fsp3) is 0.308. The largest absolute Gasteiger partial charge is 0.411 e. The lowest BCUT2D eigenvalue weighted by Crippen LogP contribution is -2.41. The highest BCUT2D eigenvalue weighted by molar-refractivity contribution is 6.07. The number of hydrogen-bond acceptors (Lipinski definition) is 5. The van der Waals surface area contributed by atoms with Gasteiger partial charge in [0.25, 0.3) is 0 Å². The van der Waals surface area contributed by atoms with Crippen molar-refractivity contribution in [1.29, 1.82) is 5.26 Å². The molecule has 19 heavy (non-hydrogen) atoms. The van der Waals surface area contributed by atoms with E-state index in [1.54, 1.807) is 0 Å². The summed E-state index contributed by atoms with van der Waals surface area (Å²) < 4.78 is 0. The number of anilines is 1. The lowest BCUT2D eigenvalue weighted by molar-refractivity contribution is -0.119. The summed E-state index contributed by atoms with van der Waals surface area (Å²) in [7, 11) is 0. The molecule has 6 heteroatoms. The third kappa shape index (κ3) is 2.83. The Morgan fingerprint density at radius 3 is 3.05 bits per heavy atom. The molecule has 1 amide bonds. The van der Waals surface area contributed by atoms with E-state index >= 15 is 0 Å². The first-order valence-electron chi connectivity index (χ1n) is 5.95. The van der Waals surface area contributed by atoms with Crippen molar-refractivity contribution in [3.63, 3.8) is 0 Å². The maximum Gasteiger partial charge on any atom is 0.240 e. The second-order valence-electron chi connectivity index (χ2n) is 4.17. The fourth-order valence-electron chi connectivity index (χ4n) is 2.12. The van der Waals surface area contributed by atoms with Gasteiger partial charge in [0.1, 0.15) is 6.54 Å². The van der Waals surface area contributed by atoms with Crippen LogP contribution in [-0.2, 0) is 4.79 Å². The maximum absolute atomic E-state index is 11.6. The van der Waals surface area contributed by atoms with E-state index in [9.17, 15) is 4.79 Å². The summed E-state index contributed by atoms with van der Waals surface area (Å²) in [6.45, 7) is 0.811. The van der Waals surface area contributed by atoms with Gasteiger partial charge in [0.15, 0.2) is 0 Å². The van der Waals surface area contributed by atoms with Gasteiger partial charge in [0.2, 0.25) is 5.91 Å². The van der Waals surface area contributed by atoms with Crippen molar-refractivity contribution in [2.75, 3.05) is 24.5 Å². The number of nitrogens with zero attached hydrogens (tertiary/aromatic N) is 3. The third-order valence-electron chi connectivity index (χ3n) is 2.99. The zero-order valence-electron chi connectivity index (χ0n) is 10.3. The van der Waals surface area contributed by atoms with Crippen molar-refractivity contribution < 1.29 is 10.0 Å². The predicted octanol–water partition coefficient (Wildman–Crippen LogP) is 0.715. The Balaban J connectivity index is 2.16. The third-order valence-corrected chi connectivity index (χ3v) is 2.99. The van der Waals surface area contributed by atoms with Gasteiger partial charge in [-0.05, 0) is 6.07 Å². The van der Waals surface area contributed by atoms with E-state index in [2.05, 4.69) is 10.5 Å². The molecule has 2 N–H and O–H groups in total. The number of benzene rings is 1. The van der Waals surface area contributed by atoms with Gasteiger partial charge >= 0.3 is 0 Å². The quantitative estimate of drug-likeness (QED) is 0.475. The Bertz CT molecular complexity index is 548. The van der Waals surface area contributed by atoms with Crippen LogP contribution in [0.25, 0.3) is 0 Å². The van der Waals surface area contributed by atoms with Gasteiger partial charge in [-0.25, -0.2) is 0 Å². The molecule has 98 valence electrons. The molecule has 0 saturated heterocycles. The summed E-state index contributed by atoms with van der Waals surface area (Å²) in [6, 6.07) is 9.36. The van der Waals surface area contributed by atoms with Crippen molar-refractivity contribution in [3.05, 3.63) is 29.8 Å². The molecule has 1 aromatic carbocycles. The Morgan fingerprint density at radius 2 is 2.32 bits per heavy atom. The van der Waals surface area contributed by atoms with E-state index in [0.717, 1.165) is 11.3 Å². The molecule has 2 rings (SSSR count). The summed E-state index contributed by atoms with van der Waals surface area (Å²) in [5.41, 5.74) is 2.34. The van der Waals surface area contributed by atoms with Gasteiger partial charge in [0, 0.05) is 24.2 Å². The number of oxime groups is 1. The second kappa shape index (κ2) is 5.87. The van der Waals surface area contributed by atoms with Crippen molar-refractivity contribution in [3.8, 4) is 6.07 Å². The lowest BCUT2D eigenvalue weighted by atomic mass is 9.99. The SMILES string of the molecule is N#CCNC(=O)CN1CCC(=NO)c2ccccc21. The van der Waals surface area contributed by atoms with Crippen LogP contribution in [0.2, 0.25) is 0 Å². The van der Waals surface area contributed by atoms with Crippen LogP contribution in [0.5, 0.6) is 0 Å². The molecular formula is C13H14N4O2. The smallest absolute Gasteiger partial charge is 0.240 e. The maximum atomic E-state index is 11.6. The molecule has 1 aromatic rings. The zero-order chi connectivity index (χ0) is 13.7. The molecule has 1 heterocycles. The van der Waals surface area contributed by atoms with Gasteiger partial charge in [-0.2, -0.15) is 5.26 Å². The van der Waals surface area contributed by atoms with Crippen LogP contribution >= 0.6 is 0 Å². The van der Waals surface area contributed by atoms with Gasteiger partial charge in [0.05, 0.1) is 18.3 Å². The lowest BCUT2D eigenvalue weighted by Gasteiger charge is -2.30. The highest BCUT2D eigenvalue weighted by atomic mass is 16.4. The summed E-state index contributed by atoms with van der Waals surface area (Å²) >= 11 is 0. The summed E-state index contributed by atoms with van der Waals surface area (Å²) in [5, 5.41) is 23.2. The molecule has 0 atom stereocenters. The van der Waals surface area contributed by atoms with Crippen LogP contribution in [0, 0.1) is 11.3 Å². The van der Waals surface area contributed by atoms with Crippen molar-refractivity contribution >= 4 is 17.3 Å². The molecule has 0 fully saturated rings. The van der Waals surface area contributed by atoms with Gasteiger partial charge in [-0.15, -0.1) is 0 Å². The zero-order valence-corrected chi connectivity index (χ0v) is 10.3. The van der Waals surface area contributed by atoms with E-state index in [-0.39, 0.29) is 19.0 Å². The standard InChI is InChI=1S/C13H14N4O2/c14-6-7-15-13(18)9-17-8-5-11(16-19)10-3-1-2-4-12(10)17/h1-4,19H,5,7-9H2,(H,15,18). The molecule has 0 spiro atoms. The Morgan fingerprint density at radius 1 is 1.53 bits per heavy atom. The van der Waals surface area contributed by atoms with Crippen LogP contribution < -0.4 is 10.2 Å². The first kappa shape index (κ1) is 12.9. The van der Waals surface area contributed by atoms with Crippen LogP contribution in [-0.4, -0.2) is 36.5 Å². The summed E-state index contributed by atoms with van der Waals surface area (Å²) in [6.07, 6.45) is 0.582. The van der Waals surface area contributed by atoms with Crippen molar-refractivity contribution in [2.45, 2.75) is 6.42 Å². The summed E-state index contributed by atoms with van der Waals surface area (Å²) in [5.74, 6) is -0.194. The minimum absolute atomic E-state index is 0.0116. The molecule has 0 bridgehead atoms. The minimum atomic E-state index is -0.194. The van der Waals surface area contributed by atoms with Gasteiger partial charge in [-0.1, -0.05) is 23.4 Å². The van der Waals surface area contributed by atoms with Crippen LogP contribution in [0.4, 0.5) is 5.69 Å². The molecule has 1 aliphatic heterocycles. The van der Waals surface area contributed by atoms with E-state index in [4.69, 9.17) is 10.5 Å². The van der Waals surface area contributed by atoms with Crippen LogP contribution in [0.3, 0.4) is 0 Å². The normalized spacial score (nSPS) is 15.7. The number of amides is 1. The average molecular weight is 258 g/mol. The predicted molar refractivity (Wildman–Crippen MR) is 70.2 cm³/mol. The molecule has 0 unspecified atom stereocenters. The highest BCUT2D eigenvalue weighted by Crippen LogP contribution is 2.26. The number of carbonyl (C=O) groups is 1. The Kier molecular flexibility index (Phi) is 3.98. The number of nitrogens with one attached hydrogen (secondary N) is 1. The van der Waals surface area contributed by atoms with Crippen LogP contribution in [0.1, 0.15) is 12.0 Å². The molecule has 0 radical (unpaired) electrons. The number of rotatable bonds is 3.